The van der Waals surface area contributed by atoms with Gasteiger partial charge in [0.15, 0.2) is 6.10 Å². The number of quaternary nitrogens is 1. The van der Waals surface area contributed by atoms with Crippen molar-refractivity contribution in [1.82, 2.24) is 0 Å². The van der Waals surface area contributed by atoms with Gasteiger partial charge in [0, 0.05) is 12.8 Å². The van der Waals surface area contributed by atoms with Gasteiger partial charge >= 0.3 is 11.9 Å². The Balaban J connectivity index is 4.33. The molecular weight excluding hydrogens is 750 g/mol. The SMILES string of the molecule is CCCCCCCC/C=C/C/C=C/CCCCC(=O)O[C@H](COC(=O)CCCCCCCCCCC/C=C/CCCCCCCC)COP(=O)([O-])OCC[N+](C)(C)C. The molecule has 58 heavy (non-hydrogen) atoms. The number of carbonyl (C=O) groups is 2. The number of likely N-dealkylation sites (N-methyl/N-ethyl adjacent to an activating group) is 1. The van der Waals surface area contributed by atoms with Gasteiger partial charge in [-0.25, -0.2) is 0 Å². The molecule has 0 radical (unpaired) electrons. The standard InChI is InChI=1S/C48H90NO8P/c1-6-8-10-12-14-16-18-20-22-23-24-25-27-28-30-32-34-36-38-40-47(50)54-44-46(45-56-58(52,53)55-43-42-49(3,4)5)57-48(51)41-39-37-35-33-31-29-26-21-19-17-15-13-11-9-7-2/h20-22,26,31,33,46H,6-19,23-25,27-30,32,34-45H2,1-5H3/b22-20+,26-21+,33-31+/t46-/m1/s1. The molecule has 2 atom stereocenters. The summed E-state index contributed by atoms with van der Waals surface area (Å²) in [5.41, 5.74) is 0. The summed E-state index contributed by atoms with van der Waals surface area (Å²) in [6, 6.07) is 0. The number of nitrogens with zero attached hydrogens (tertiary/aromatic N) is 1. The topological polar surface area (TPSA) is 111 Å². The van der Waals surface area contributed by atoms with Crippen molar-refractivity contribution in [2.24, 2.45) is 0 Å². The highest BCUT2D eigenvalue weighted by Crippen LogP contribution is 2.38. The molecule has 0 aromatic carbocycles. The molecule has 0 aliphatic carbocycles. The Labute approximate surface area is 357 Å². The van der Waals surface area contributed by atoms with E-state index >= 15 is 0 Å². The first-order chi connectivity index (χ1) is 28.0. The van der Waals surface area contributed by atoms with E-state index in [9.17, 15) is 19.0 Å². The summed E-state index contributed by atoms with van der Waals surface area (Å²) in [4.78, 5) is 37.6. The lowest BCUT2D eigenvalue weighted by Gasteiger charge is -2.28. The quantitative estimate of drug-likeness (QED) is 0.0196. The van der Waals surface area contributed by atoms with Crippen molar-refractivity contribution in [2.45, 2.75) is 213 Å². The van der Waals surface area contributed by atoms with Gasteiger partial charge < -0.3 is 27.9 Å². The number of phosphoric ester groups is 1. The van der Waals surface area contributed by atoms with Crippen LogP contribution >= 0.6 is 7.82 Å². The van der Waals surface area contributed by atoms with Crippen LogP contribution in [0.2, 0.25) is 0 Å². The molecule has 0 saturated carbocycles. The third kappa shape index (κ3) is 43.8. The predicted octanol–water partition coefficient (Wildman–Crippen LogP) is 13.1. The molecule has 0 aliphatic heterocycles. The van der Waals surface area contributed by atoms with Gasteiger partial charge in [-0.05, 0) is 70.6 Å². The summed E-state index contributed by atoms with van der Waals surface area (Å²) in [6.07, 6.45) is 46.0. The number of carbonyl (C=O) groups excluding carboxylic acids is 2. The summed E-state index contributed by atoms with van der Waals surface area (Å²) >= 11 is 0. The first kappa shape index (κ1) is 56.2. The summed E-state index contributed by atoms with van der Waals surface area (Å²) in [6.45, 7) is 4.19. The summed E-state index contributed by atoms with van der Waals surface area (Å²) in [5, 5.41) is 0. The van der Waals surface area contributed by atoms with Gasteiger partial charge in [-0.3, -0.25) is 14.2 Å². The Morgan fingerprint density at radius 2 is 0.931 bits per heavy atom. The Hall–Kier alpha value is -1.77. The average molecular weight is 840 g/mol. The second-order valence-corrected chi connectivity index (χ2v) is 18.5. The van der Waals surface area contributed by atoms with Crippen LogP contribution in [0, 0.1) is 0 Å². The number of ether oxygens (including phenoxy) is 2. The average Bonchev–Trinajstić information content (AvgIpc) is 3.17. The molecule has 0 aromatic heterocycles. The number of hydrogen-bond donors (Lipinski definition) is 0. The molecule has 0 N–H and O–H groups in total. The third-order valence-electron chi connectivity index (χ3n) is 10.1. The number of unbranched alkanes of at least 4 members (excludes halogenated alkanes) is 23. The van der Waals surface area contributed by atoms with E-state index in [1.165, 1.54) is 128 Å². The van der Waals surface area contributed by atoms with Gasteiger partial charge in [-0.2, -0.15) is 0 Å². The molecule has 0 spiro atoms. The van der Waals surface area contributed by atoms with Crippen molar-refractivity contribution in [1.29, 1.82) is 0 Å². The zero-order valence-corrected chi connectivity index (χ0v) is 39.1. The van der Waals surface area contributed by atoms with Crippen molar-refractivity contribution in [3.8, 4) is 0 Å². The van der Waals surface area contributed by atoms with Crippen LogP contribution in [0.15, 0.2) is 36.5 Å². The molecule has 0 amide bonds. The van der Waals surface area contributed by atoms with Crippen LogP contribution in [-0.4, -0.2) is 70.0 Å². The fraction of sp³-hybridized carbons (Fsp3) is 0.833. The molecule has 0 rings (SSSR count). The van der Waals surface area contributed by atoms with Crippen molar-refractivity contribution in [2.75, 3.05) is 47.5 Å². The maximum absolute atomic E-state index is 12.7. The van der Waals surface area contributed by atoms with E-state index < -0.39 is 32.5 Å². The minimum absolute atomic E-state index is 0.0368. The smallest absolute Gasteiger partial charge is 0.306 e. The number of rotatable bonds is 43. The first-order valence-corrected chi connectivity index (χ1v) is 25.2. The van der Waals surface area contributed by atoms with Crippen LogP contribution in [0.25, 0.3) is 0 Å². The molecule has 0 heterocycles. The van der Waals surface area contributed by atoms with E-state index in [2.05, 4.69) is 50.3 Å². The fourth-order valence-electron chi connectivity index (χ4n) is 6.39. The fourth-order valence-corrected chi connectivity index (χ4v) is 7.11. The lowest BCUT2D eigenvalue weighted by Crippen LogP contribution is -2.37. The minimum Gasteiger partial charge on any atom is -0.756 e. The number of phosphoric acid groups is 1. The lowest BCUT2D eigenvalue weighted by atomic mass is 10.1. The molecule has 10 heteroatoms. The predicted molar refractivity (Wildman–Crippen MR) is 241 cm³/mol. The van der Waals surface area contributed by atoms with Gasteiger partial charge in [0.1, 0.15) is 19.8 Å². The molecule has 0 aromatic rings. The van der Waals surface area contributed by atoms with Crippen LogP contribution in [0.3, 0.4) is 0 Å². The van der Waals surface area contributed by atoms with E-state index in [1.807, 2.05) is 21.1 Å². The number of allylic oxidation sites excluding steroid dienone is 6. The maximum atomic E-state index is 12.7. The third-order valence-corrected chi connectivity index (χ3v) is 11.1. The molecule has 1 unspecified atom stereocenters. The Bertz CT molecular complexity index is 1090. The number of hydrogen-bond acceptors (Lipinski definition) is 8. The maximum Gasteiger partial charge on any atom is 0.306 e. The zero-order valence-electron chi connectivity index (χ0n) is 38.2. The van der Waals surface area contributed by atoms with E-state index in [4.69, 9.17) is 18.5 Å². The van der Waals surface area contributed by atoms with Gasteiger partial charge in [-0.15, -0.1) is 0 Å². The Kier molecular flexibility index (Phi) is 39.4. The van der Waals surface area contributed by atoms with E-state index in [1.54, 1.807) is 0 Å². The molecular formula is C48H90NO8P. The minimum atomic E-state index is -4.63. The van der Waals surface area contributed by atoms with Crippen LogP contribution in [-0.2, 0) is 32.7 Å². The monoisotopic (exact) mass is 840 g/mol. The highest BCUT2D eigenvalue weighted by Gasteiger charge is 2.21. The van der Waals surface area contributed by atoms with Crippen LogP contribution in [0.5, 0.6) is 0 Å². The van der Waals surface area contributed by atoms with Gasteiger partial charge in [0.25, 0.3) is 7.82 Å². The van der Waals surface area contributed by atoms with Crippen molar-refractivity contribution < 1.29 is 42.1 Å². The number of esters is 2. The van der Waals surface area contributed by atoms with Crippen molar-refractivity contribution in [3.05, 3.63) is 36.5 Å². The Morgan fingerprint density at radius 1 is 0.534 bits per heavy atom. The van der Waals surface area contributed by atoms with E-state index in [-0.39, 0.29) is 26.1 Å². The molecule has 9 nitrogen and oxygen atoms in total. The van der Waals surface area contributed by atoms with E-state index in [0.29, 0.717) is 17.4 Å². The van der Waals surface area contributed by atoms with Crippen LogP contribution < -0.4 is 4.89 Å². The molecule has 0 aliphatic rings. The van der Waals surface area contributed by atoms with Crippen molar-refractivity contribution in [3.63, 3.8) is 0 Å². The van der Waals surface area contributed by atoms with Crippen LogP contribution in [0.4, 0.5) is 0 Å². The molecule has 340 valence electrons. The summed E-state index contributed by atoms with van der Waals surface area (Å²) in [5.74, 6) is -0.871. The van der Waals surface area contributed by atoms with Gasteiger partial charge in [0.05, 0.1) is 27.7 Å². The highest BCUT2D eigenvalue weighted by atomic mass is 31.2. The summed E-state index contributed by atoms with van der Waals surface area (Å²) in [7, 11) is 1.15. The normalized spacial score (nSPS) is 13.8. The van der Waals surface area contributed by atoms with Gasteiger partial charge in [-0.1, -0.05) is 159 Å². The second kappa shape index (κ2) is 40.6. The zero-order chi connectivity index (χ0) is 42.8. The second-order valence-electron chi connectivity index (χ2n) is 17.1. The summed E-state index contributed by atoms with van der Waals surface area (Å²) < 4.78 is 33.9. The molecule has 0 fully saturated rings. The van der Waals surface area contributed by atoms with Crippen molar-refractivity contribution >= 4 is 19.8 Å². The molecule has 0 saturated heterocycles. The molecule has 0 bridgehead atoms. The largest absolute Gasteiger partial charge is 0.756 e. The Morgan fingerprint density at radius 3 is 1.41 bits per heavy atom. The van der Waals surface area contributed by atoms with E-state index in [0.717, 1.165) is 44.9 Å². The first-order valence-electron chi connectivity index (χ1n) is 23.7. The van der Waals surface area contributed by atoms with Crippen LogP contribution in [0.1, 0.15) is 206 Å². The highest BCUT2D eigenvalue weighted by molar-refractivity contribution is 7.45. The van der Waals surface area contributed by atoms with Gasteiger partial charge in [0.2, 0.25) is 0 Å². The lowest BCUT2D eigenvalue weighted by molar-refractivity contribution is -0.870.